The third-order valence-corrected chi connectivity index (χ3v) is 4.29. The fraction of sp³-hybridized carbons (Fsp3) is 0.571. The lowest BCUT2D eigenvalue weighted by Gasteiger charge is -2.17. The molecule has 1 unspecified atom stereocenters. The molecule has 8 heteroatoms. The van der Waals surface area contributed by atoms with E-state index < -0.39 is 12.1 Å². The second-order valence-electron chi connectivity index (χ2n) is 5.09. The summed E-state index contributed by atoms with van der Waals surface area (Å²) >= 11 is 7.20. The summed E-state index contributed by atoms with van der Waals surface area (Å²) in [5.74, 6) is -1.02. The minimum absolute atomic E-state index is 0.0264. The zero-order chi connectivity index (χ0) is 16.1. The third kappa shape index (κ3) is 4.33. The number of thioether (sulfide) groups is 1. The zero-order valence-electron chi connectivity index (χ0n) is 12.5. The number of amides is 1. The normalized spacial score (nSPS) is 16.3. The average molecular weight is 344 g/mol. The molecular formula is C14H18ClN3O3S. The van der Waals surface area contributed by atoms with E-state index in [0.29, 0.717) is 5.16 Å². The molecule has 1 aromatic rings. The molecule has 22 heavy (non-hydrogen) atoms. The lowest BCUT2D eigenvalue weighted by atomic mass is 10.2. The van der Waals surface area contributed by atoms with E-state index in [1.807, 2.05) is 0 Å². The van der Waals surface area contributed by atoms with Crippen molar-refractivity contribution >= 4 is 35.2 Å². The van der Waals surface area contributed by atoms with Crippen LogP contribution in [0.1, 0.15) is 43.1 Å². The first-order valence-electron chi connectivity index (χ1n) is 7.09. The maximum atomic E-state index is 12.1. The number of nitrogens with zero attached hydrogens (tertiary/aromatic N) is 2. The van der Waals surface area contributed by atoms with Gasteiger partial charge in [-0.2, -0.15) is 0 Å². The SMILES string of the molecule is CSc1ncc(Cl)c(C(=O)OC(C)C(=O)NC2CCCC2)n1. The van der Waals surface area contributed by atoms with E-state index in [0.717, 1.165) is 25.7 Å². The Morgan fingerprint density at radius 1 is 1.45 bits per heavy atom. The van der Waals surface area contributed by atoms with Crippen LogP contribution < -0.4 is 5.32 Å². The van der Waals surface area contributed by atoms with Crippen LogP contribution in [0.15, 0.2) is 11.4 Å². The summed E-state index contributed by atoms with van der Waals surface area (Å²) < 4.78 is 5.15. The topological polar surface area (TPSA) is 81.2 Å². The van der Waals surface area contributed by atoms with E-state index in [2.05, 4.69) is 15.3 Å². The molecular weight excluding hydrogens is 326 g/mol. The van der Waals surface area contributed by atoms with Crippen molar-refractivity contribution in [3.63, 3.8) is 0 Å². The predicted molar refractivity (Wildman–Crippen MR) is 84.1 cm³/mol. The Labute approximate surface area is 138 Å². The van der Waals surface area contributed by atoms with Gasteiger partial charge in [-0.25, -0.2) is 14.8 Å². The van der Waals surface area contributed by atoms with Crippen molar-refractivity contribution < 1.29 is 14.3 Å². The Hall–Kier alpha value is -1.34. The molecule has 2 rings (SSSR count). The van der Waals surface area contributed by atoms with Crippen molar-refractivity contribution in [3.8, 4) is 0 Å². The largest absolute Gasteiger partial charge is 0.448 e. The summed E-state index contributed by atoms with van der Waals surface area (Å²) in [6.45, 7) is 1.53. The quantitative estimate of drug-likeness (QED) is 0.502. The molecule has 0 spiro atoms. The maximum Gasteiger partial charge on any atom is 0.359 e. The maximum absolute atomic E-state index is 12.1. The van der Waals surface area contributed by atoms with Gasteiger partial charge >= 0.3 is 5.97 Å². The van der Waals surface area contributed by atoms with E-state index in [-0.39, 0.29) is 22.7 Å². The molecule has 1 amide bonds. The van der Waals surface area contributed by atoms with E-state index in [9.17, 15) is 9.59 Å². The lowest BCUT2D eigenvalue weighted by Crippen LogP contribution is -2.41. The number of nitrogens with one attached hydrogen (secondary N) is 1. The van der Waals surface area contributed by atoms with Crippen LogP contribution in [0.2, 0.25) is 5.02 Å². The van der Waals surface area contributed by atoms with E-state index in [1.54, 1.807) is 6.26 Å². The molecule has 1 fully saturated rings. The van der Waals surface area contributed by atoms with Gasteiger partial charge in [0.1, 0.15) is 0 Å². The molecule has 1 N–H and O–H groups in total. The third-order valence-electron chi connectivity index (χ3n) is 3.45. The molecule has 120 valence electrons. The van der Waals surface area contributed by atoms with Crippen LogP contribution in [0.5, 0.6) is 0 Å². The molecule has 0 bridgehead atoms. The standard InChI is InChI=1S/C14H18ClN3O3S/c1-8(12(19)17-9-5-3-4-6-9)21-13(20)11-10(15)7-16-14(18-11)22-2/h7-9H,3-6H2,1-2H3,(H,17,19). The van der Waals surface area contributed by atoms with Crippen LogP contribution in [-0.2, 0) is 9.53 Å². The average Bonchev–Trinajstić information content (AvgIpc) is 3.00. The molecule has 1 atom stereocenters. The first-order chi connectivity index (χ1) is 10.5. The van der Waals surface area contributed by atoms with Crippen LogP contribution in [-0.4, -0.2) is 40.2 Å². The molecule has 6 nitrogen and oxygen atoms in total. The highest BCUT2D eigenvalue weighted by atomic mass is 35.5. The second-order valence-corrected chi connectivity index (χ2v) is 6.27. The summed E-state index contributed by atoms with van der Waals surface area (Å²) in [5.41, 5.74) is -0.0264. The number of carbonyl (C=O) groups excluding carboxylic acids is 2. The van der Waals surface area contributed by atoms with E-state index in [1.165, 1.54) is 24.9 Å². The highest BCUT2D eigenvalue weighted by Gasteiger charge is 2.25. The van der Waals surface area contributed by atoms with Crippen molar-refractivity contribution in [2.24, 2.45) is 0 Å². The van der Waals surface area contributed by atoms with Crippen molar-refractivity contribution in [3.05, 3.63) is 16.9 Å². The lowest BCUT2D eigenvalue weighted by molar-refractivity contribution is -0.129. The summed E-state index contributed by atoms with van der Waals surface area (Å²) in [6, 6.07) is 0.180. The summed E-state index contributed by atoms with van der Waals surface area (Å²) in [4.78, 5) is 32.1. The number of halogens is 1. The van der Waals surface area contributed by atoms with Gasteiger partial charge in [-0.1, -0.05) is 36.2 Å². The van der Waals surface area contributed by atoms with Crippen LogP contribution in [0.3, 0.4) is 0 Å². The zero-order valence-corrected chi connectivity index (χ0v) is 14.0. The Bertz CT molecular complexity index is 564. The Balaban J connectivity index is 1.96. The smallest absolute Gasteiger partial charge is 0.359 e. The van der Waals surface area contributed by atoms with Gasteiger partial charge in [0.2, 0.25) is 0 Å². The van der Waals surface area contributed by atoms with Gasteiger partial charge in [-0.3, -0.25) is 4.79 Å². The van der Waals surface area contributed by atoms with Gasteiger partial charge in [-0.15, -0.1) is 0 Å². The van der Waals surface area contributed by atoms with E-state index in [4.69, 9.17) is 16.3 Å². The number of rotatable bonds is 5. The fourth-order valence-corrected chi connectivity index (χ4v) is 2.76. The minimum atomic E-state index is -0.892. The molecule has 0 saturated heterocycles. The van der Waals surface area contributed by atoms with Crippen LogP contribution in [0.4, 0.5) is 0 Å². The predicted octanol–water partition coefficient (Wildman–Crippen LogP) is 2.46. The van der Waals surface area contributed by atoms with E-state index >= 15 is 0 Å². The van der Waals surface area contributed by atoms with Gasteiger partial charge < -0.3 is 10.1 Å². The van der Waals surface area contributed by atoms with Gasteiger partial charge in [0.15, 0.2) is 17.0 Å². The number of aromatic nitrogens is 2. The number of ether oxygens (including phenoxy) is 1. The number of hydrogen-bond acceptors (Lipinski definition) is 6. The van der Waals surface area contributed by atoms with Gasteiger partial charge in [0.05, 0.1) is 11.2 Å². The molecule has 1 heterocycles. The number of hydrogen-bond donors (Lipinski definition) is 1. The first kappa shape index (κ1) is 17.0. The molecule has 1 aliphatic carbocycles. The minimum Gasteiger partial charge on any atom is -0.448 e. The van der Waals surface area contributed by atoms with Gasteiger partial charge in [0, 0.05) is 6.04 Å². The first-order valence-corrected chi connectivity index (χ1v) is 8.69. The van der Waals surface area contributed by atoms with Gasteiger partial charge in [-0.05, 0) is 26.0 Å². The summed E-state index contributed by atoms with van der Waals surface area (Å²) in [7, 11) is 0. The fourth-order valence-electron chi connectivity index (χ4n) is 2.25. The summed E-state index contributed by atoms with van der Waals surface area (Å²) in [5, 5.41) is 3.41. The van der Waals surface area contributed by atoms with Crippen LogP contribution in [0.25, 0.3) is 0 Å². The Morgan fingerprint density at radius 2 is 2.14 bits per heavy atom. The molecule has 1 aliphatic rings. The number of carbonyl (C=O) groups is 2. The molecule has 0 aromatic carbocycles. The molecule has 1 saturated carbocycles. The van der Waals surface area contributed by atoms with Crippen LogP contribution >= 0.6 is 23.4 Å². The summed E-state index contributed by atoms with van der Waals surface area (Å²) in [6.07, 6.45) is 6.43. The van der Waals surface area contributed by atoms with Crippen molar-refractivity contribution in [1.29, 1.82) is 0 Å². The van der Waals surface area contributed by atoms with Crippen molar-refractivity contribution in [2.45, 2.75) is 49.9 Å². The van der Waals surface area contributed by atoms with Crippen LogP contribution in [0, 0.1) is 0 Å². The van der Waals surface area contributed by atoms with Crippen molar-refractivity contribution in [2.75, 3.05) is 6.26 Å². The highest BCUT2D eigenvalue weighted by molar-refractivity contribution is 7.98. The number of esters is 1. The molecule has 1 aromatic heterocycles. The second kappa shape index (κ2) is 7.78. The molecule has 0 aliphatic heterocycles. The molecule has 0 radical (unpaired) electrons. The highest BCUT2D eigenvalue weighted by Crippen LogP contribution is 2.19. The van der Waals surface area contributed by atoms with Crippen molar-refractivity contribution in [1.82, 2.24) is 15.3 Å². The Morgan fingerprint density at radius 3 is 2.77 bits per heavy atom. The van der Waals surface area contributed by atoms with Gasteiger partial charge in [0.25, 0.3) is 5.91 Å². The Kier molecular flexibility index (Phi) is 6.02. The monoisotopic (exact) mass is 343 g/mol.